The van der Waals surface area contributed by atoms with Crippen LogP contribution in [0.5, 0.6) is 0 Å². The van der Waals surface area contributed by atoms with Gasteiger partial charge in [0.1, 0.15) is 0 Å². The number of nitrogens with one attached hydrogen (secondary N) is 2. The molecule has 1 fully saturated rings. The van der Waals surface area contributed by atoms with Gasteiger partial charge >= 0.3 is 0 Å². The molecule has 1 amide bonds. The van der Waals surface area contributed by atoms with Gasteiger partial charge in [-0.25, -0.2) is 8.42 Å². The molecule has 0 heterocycles. The summed E-state index contributed by atoms with van der Waals surface area (Å²) in [5.74, 6) is 0.00593. The predicted molar refractivity (Wildman–Crippen MR) is 72.2 cm³/mol. The fourth-order valence-corrected chi connectivity index (χ4v) is 3.86. The summed E-state index contributed by atoms with van der Waals surface area (Å²) in [6.07, 6.45) is 4.24. The lowest BCUT2D eigenvalue weighted by Crippen LogP contribution is -2.42. The second kappa shape index (κ2) is 6.52. The Morgan fingerprint density at radius 2 is 2.00 bits per heavy atom. The van der Waals surface area contributed by atoms with Crippen LogP contribution in [0.2, 0.25) is 0 Å². The topological polar surface area (TPSA) is 75.3 Å². The highest BCUT2D eigenvalue weighted by molar-refractivity contribution is 7.91. The Labute approximate surface area is 110 Å². The van der Waals surface area contributed by atoms with Gasteiger partial charge in [0.15, 0.2) is 9.84 Å². The smallest absolute Gasteiger partial charge is 0.221 e. The van der Waals surface area contributed by atoms with Crippen molar-refractivity contribution >= 4 is 15.7 Å². The van der Waals surface area contributed by atoms with E-state index in [-0.39, 0.29) is 23.2 Å². The number of sulfone groups is 1. The number of hydrogen-bond donors (Lipinski definition) is 2. The zero-order valence-corrected chi connectivity index (χ0v) is 12.2. The maximum atomic E-state index is 11.6. The van der Waals surface area contributed by atoms with Crippen molar-refractivity contribution in [1.82, 2.24) is 10.6 Å². The van der Waals surface area contributed by atoms with Gasteiger partial charge in [-0.2, -0.15) is 0 Å². The quantitative estimate of drug-likeness (QED) is 0.739. The molecule has 5 nitrogen and oxygen atoms in total. The molecule has 2 N–H and O–H groups in total. The largest absolute Gasteiger partial charge is 0.354 e. The van der Waals surface area contributed by atoms with Crippen molar-refractivity contribution in [3.8, 4) is 0 Å². The Morgan fingerprint density at radius 3 is 2.56 bits per heavy atom. The van der Waals surface area contributed by atoms with E-state index in [0.717, 1.165) is 19.3 Å². The van der Waals surface area contributed by atoms with Crippen LogP contribution in [0.25, 0.3) is 0 Å². The molecular formula is C12H24N2O3S. The van der Waals surface area contributed by atoms with E-state index in [2.05, 4.69) is 10.6 Å². The van der Waals surface area contributed by atoms with Crippen LogP contribution in [0.1, 0.15) is 39.5 Å². The van der Waals surface area contributed by atoms with Crippen LogP contribution in [0.3, 0.4) is 0 Å². The third-order valence-corrected chi connectivity index (χ3v) is 4.87. The van der Waals surface area contributed by atoms with Gasteiger partial charge < -0.3 is 10.6 Å². The summed E-state index contributed by atoms with van der Waals surface area (Å²) >= 11 is 0. The first-order valence-corrected chi connectivity index (χ1v) is 8.47. The maximum Gasteiger partial charge on any atom is 0.221 e. The SMILES string of the molecule is CC(C)NC(=O)CCNC1CCCC1S(C)(=O)=O. The summed E-state index contributed by atoms with van der Waals surface area (Å²) in [5, 5.41) is 5.73. The molecule has 1 rings (SSSR count). The van der Waals surface area contributed by atoms with E-state index in [1.807, 2.05) is 13.8 Å². The van der Waals surface area contributed by atoms with Gasteiger partial charge in [0, 0.05) is 31.3 Å². The van der Waals surface area contributed by atoms with Crippen LogP contribution < -0.4 is 10.6 Å². The number of rotatable bonds is 6. The van der Waals surface area contributed by atoms with Crippen LogP contribution in [-0.4, -0.2) is 44.5 Å². The van der Waals surface area contributed by atoms with E-state index in [1.54, 1.807) is 0 Å². The van der Waals surface area contributed by atoms with Crippen molar-refractivity contribution in [3.05, 3.63) is 0 Å². The third-order valence-electron chi connectivity index (χ3n) is 3.21. The molecule has 0 radical (unpaired) electrons. The Hall–Kier alpha value is -0.620. The van der Waals surface area contributed by atoms with Gasteiger partial charge in [-0.15, -0.1) is 0 Å². The molecule has 0 aromatic heterocycles. The summed E-state index contributed by atoms with van der Waals surface area (Å²) in [6, 6.07) is 0.152. The van der Waals surface area contributed by atoms with Crippen LogP contribution in [-0.2, 0) is 14.6 Å². The van der Waals surface area contributed by atoms with E-state index in [1.165, 1.54) is 6.26 Å². The number of hydrogen-bond acceptors (Lipinski definition) is 4. The third kappa shape index (κ3) is 4.94. The van der Waals surface area contributed by atoms with Crippen molar-refractivity contribution in [1.29, 1.82) is 0 Å². The minimum atomic E-state index is -2.98. The van der Waals surface area contributed by atoms with Crippen molar-refractivity contribution < 1.29 is 13.2 Å². The van der Waals surface area contributed by atoms with Crippen LogP contribution >= 0.6 is 0 Å². The van der Waals surface area contributed by atoms with Gasteiger partial charge in [0.2, 0.25) is 5.91 Å². The zero-order valence-electron chi connectivity index (χ0n) is 11.4. The van der Waals surface area contributed by atoms with Crippen LogP contribution in [0, 0.1) is 0 Å². The van der Waals surface area contributed by atoms with E-state index in [9.17, 15) is 13.2 Å². The van der Waals surface area contributed by atoms with Gasteiger partial charge in [-0.05, 0) is 26.7 Å². The highest BCUT2D eigenvalue weighted by atomic mass is 32.2. The first-order valence-electron chi connectivity index (χ1n) is 6.52. The highest BCUT2D eigenvalue weighted by Crippen LogP contribution is 2.24. The van der Waals surface area contributed by atoms with E-state index in [0.29, 0.717) is 13.0 Å². The van der Waals surface area contributed by atoms with Crippen LogP contribution in [0.4, 0.5) is 0 Å². The highest BCUT2D eigenvalue weighted by Gasteiger charge is 2.34. The Bertz CT molecular complexity index is 379. The molecule has 0 bridgehead atoms. The van der Waals surface area contributed by atoms with Crippen LogP contribution in [0.15, 0.2) is 0 Å². The standard InChI is InChI=1S/C12H24N2O3S/c1-9(2)14-12(15)7-8-13-10-5-4-6-11(10)18(3,16)17/h9-11,13H,4-8H2,1-3H3,(H,14,15). The molecule has 1 aliphatic carbocycles. The van der Waals surface area contributed by atoms with Crippen molar-refractivity contribution in [2.75, 3.05) is 12.8 Å². The van der Waals surface area contributed by atoms with Gasteiger partial charge in [0.25, 0.3) is 0 Å². The monoisotopic (exact) mass is 276 g/mol. The summed E-state index contributed by atoms with van der Waals surface area (Å²) < 4.78 is 23.1. The van der Waals surface area contributed by atoms with E-state index < -0.39 is 9.84 Å². The fourth-order valence-electron chi connectivity index (χ4n) is 2.44. The normalized spacial score (nSPS) is 24.4. The first-order chi connectivity index (χ1) is 8.30. The summed E-state index contributed by atoms with van der Waals surface area (Å²) in [5.41, 5.74) is 0. The molecule has 0 saturated heterocycles. The number of carbonyl (C=O) groups is 1. The summed E-state index contributed by atoms with van der Waals surface area (Å²) in [6.45, 7) is 4.37. The fraction of sp³-hybridized carbons (Fsp3) is 0.917. The van der Waals surface area contributed by atoms with Gasteiger partial charge in [-0.3, -0.25) is 4.79 Å². The predicted octanol–water partition coefficient (Wildman–Crippen LogP) is 0.456. The second-order valence-corrected chi connectivity index (χ2v) is 7.60. The Morgan fingerprint density at radius 1 is 1.33 bits per heavy atom. The second-order valence-electron chi connectivity index (χ2n) is 5.33. The Balaban J connectivity index is 2.33. The molecule has 0 aromatic carbocycles. The lowest BCUT2D eigenvalue weighted by molar-refractivity contribution is -0.121. The molecule has 6 heteroatoms. The maximum absolute atomic E-state index is 11.6. The first kappa shape index (κ1) is 15.4. The average Bonchev–Trinajstić information content (AvgIpc) is 2.63. The lowest BCUT2D eigenvalue weighted by atomic mass is 10.2. The molecule has 0 aliphatic heterocycles. The molecule has 18 heavy (non-hydrogen) atoms. The summed E-state index contributed by atoms with van der Waals surface area (Å²) in [7, 11) is -2.98. The molecule has 2 unspecified atom stereocenters. The summed E-state index contributed by atoms with van der Waals surface area (Å²) in [4.78, 5) is 11.4. The number of carbonyl (C=O) groups excluding carboxylic acids is 1. The molecule has 2 atom stereocenters. The molecular weight excluding hydrogens is 252 g/mol. The van der Waals surface area contributed by atoms with Gasteiger partial charge in [-0.1, -0.05) is 6.42 Å². The van der Waals surface area contributed by atoms with Crippen molar-refractivity contribution in [3.63, 3.8) is 0 Å². The molecule has 106 valence electrons. The van der Waals surface area contributed by atoms with E-state index >= 15 is 0 Å². The number of amides is 1. The lowest BCUT2D eigenvalue weighted by Gasteiger charge is -2.19. The van der Waals surface area contributed by atoms with Crippen molar-refractivity contribution in [2.24, 2.45) is 0 Å². The average molecular weight is 276 g/mol. The van der Waals surface area contributed by atoms with E-state index in [4.69, 9.17) is 0 Å². The van der Waals surface area contributed by atoms with Crippen molar-refractivity contribution in [2.45, 2.75) is 56.9 Å². The van der Waals surface area contributed by atoms with Gasteiger partial charge in [0.05, 0.1) is 5.25 Å². The molecule has 0 spiro atoms. The minimum absolute atomic E-state index is 0.00593. The minimum Gasteiger partial charge on any atom is -0.354 e. The molecule has 1 aliphatic rings. The Kier molecular flexibility index (Phi) is 5.59. The molecule has 0 aromatic rings. The molecule has 1 saturated carbocycles. The zero-order chi connectivity index (χ0) is 13.8.